The first kappa shape index (κ1) is 14.9. The summed E-state index contributed by atoms with van der Waals surface area (Å²) in [6, 6.07) is 10.2. The number of aromatic carboxylic acids is 1. The molecule has 20 heavy (non-hydrogen) atoms. The highest BCUT2D eigenvalue weighted by atomic mass is 79.9. The maximum atomic E-state index is 13.2. The van der Waals surface area contributed by atoms with Gasteiger partial charge in [-0.3, -0.25) is 4.21 Å². The predicted octanol–water partition coefficient (Wildman–Crippen LogP) is 3.59. The molecule has 2 rings (SSSR count). The van der Waals surface area contributed by atoms with Crippen molar-refractivity contribution in [3.05, 3.63) is 63.9 Å². The normalized spacial score (nSPS) is 12.1. The van der Waals surface area contributed by atoms with E-state index in [4.69, 9.17) is 5.11 Å². The summed E-state index contributed by atoms with van der Waals surface area (Å²) in [5.41, 5.74) is 0.659. The highest BCUT2D eigenvalue weighted by molar-refractivity contribution is 9.10. The average molecular weight is 357 g/mol. The van der Waals surface area contributed by atoms with Gasteiger partial charge in [0.25, 0.3) is 0 Å². The van der Waals surface area contributed by atoms with Gasteiger partial charge >= 0.3 is 5.97 Å². The highest BCUT2D eigenvalue weighted by Gasteiger charge is 2.10. The van der Waals surface area contributed by atoms with Crippen LogP contribution in [0.25, 0.3) is 0 Å². The smallest absolute Gasteiger partial charge is 0.335 e. The minimum absolute atomic E-state index is 0.0799. The highest BCUT2D eigenvalue weighted by Crippen LogP contribution is 2.19. The van der Waals surface area contributed by atoms with E-state index in [2.05, 4.69) is 15.9 Å². The number of carboxylic acid groups (broad SMARTS) is 1. The fourth-order valence-corrected chi connectivity index (χ4v) is 3.34. The van der Waals surface area contributed by atoms with Crippen molar-refractivity contribution >= 4 is 32.7 Å². The quantitative estimate of drug-likeness (QED) is 0.910. The molecule has 0 aromatic heterocycles. The van der Waals surface area contributed by atoms with Crippen LogP contribution in [0.1, 0.15) is 15.9 Å². The third-order valence-electron chi connectivity index (χ3n) is 2.56. The molecule has 0 saturated heterocycles. The van der Waals surface area contributed by atoms with Crippen molar-refractivity contribution in [3.63, 3.8) is 0 Å². The third-order valence-corrected chi connectivity index (χ3v) is 4.40. The van der Waals surface area contributed by atoms with Gasteiger partial charge in [0.1, 0.15) is 5.82 Å². The van der Waals surface area contributed by atoms with Gasteiger partial charge in [-0.1, -0.05) is 22.0 Å². The second kappa shape index (κ2) is 6.28. The van der Waals surface area contributed by atoms with E-state index in [-0.39, 0.29) is 11.3 Å². The molecule has 1 unspecified atom stereocenters. The molecule has 0 aliphatic carbocycles. The fraction of sp³-hybridized carbons (Fsp3) is 0.0714. The molecule has 3 nitrogen and oxygen atoms in total. The van der Waals surface area contributed by atoms with Gasteiger partial charge in [0, 0.05) is 9.37 Å². The Balaban J connectivity index is 2.23. The molecule has 2 aromatic carbocycles. The molecule has 0 fully saturated rings. The monoisotopic (exact) mass is 356 g/mol. The third kappa shape index (κ3) is 3.74. The van der Waals surface area contributed by atoms with Gasteiger partial charge < -0.3 is 5.11 Å². The van der Waals surface area contributed by atoms with E-state index in [0.29, 0.717) is 14.9 Å². The number of carbonyl (C=O) groups is 1. The lowest BCUT2D eigenvalue weighted by atomic mass is 10.2. The zero-order valence-corrected chi connectivity index (χ0v) is 12.6. The molecule has 0 heterocycles. The Morgan fingerprint density at radius 3 is 2.65 bits per heavy atom. The van der Waals surface area contributed by atoms with E-state index >= 15 is 0 Å². The van der Waals surface area contributed by atoms with Gasteiger partial charge in [-0.25, -0.2) is 9.18 Å². The lowest BCUT2D eigenvalue weighted by Crippen LogP contribution is -2.01. The Kier molecular flexibility index (Phi) is 4.67. The predicted molar refractivity (Wildman–Crippen MR) is 77.6 cm³/mol. The molecule has 0 bridgehead atoms. The van der Waals surface area contributed by atoms with Gasteiger partial charge in [0.05, 0.1) is 22.1 Å². The van der Waals surface area contributed by atoms with Crippen molar-refractivity contribution in [3.8, 4) is 0 Å². The lowest BCUT2D eigenvalue weighted by Gasteiger charge is -2.05. The average Bonchev–Trinajstić information content (AvgIpc) is 2.37. The van der Waals surface area contributed by atoms with Crippen molar-refractivity contribution in [2.75, 3.05) is 0 Å². The zero-order valence-electron chi connectivity index (χ0n) is 10.2. The second-order valence-electron chi connectivity index (χ2n) is 4.10. The number of carboxylic acids is 1. The largest absolute Gasteiger partial charge is 0.478 e. The molecular formula is C14H10BrFO3S. The Morgan fingerprint density at radius 1 is 1.25 bits per heavy atom. The number of halogens is 2. The SMILES string of the molecule is O=C(O)c1cccc(S(=O)Cc2cc(F)cc(Br)c2)c1. The molecule has 0 spiro atoms. The topological polar surface area (TPSA) is 54.4 Å². The van der Waals surface area contributed by atoms with Crippen molar-refractivity contribution < 1.29 is 18.5 Å². The molecular weight excluding hydrogens is 347 g/mol. The van der Waals surface area contributed by atoms with E-state index in [1.165, 1.54) is 30.3 Å². The Labute approximate surface area is 126 Å². The van der Waals surface area contributed by atoms with Crippen LogP contribution in [0.2, 0.25) is 0 Å². The Morgan fingerprint density at radius 2 is 2.00 bits per heavy atom. The van der Waals surface area contributed by atoms with E-state index in [0.717, 1.165) is 0 Å². The van der Waals surface area contributed by atoms with E-state index < -0.39 is 22.6 Å². The van der Waals surface area contributed by atoms with Crippen LogP contribution in [0.15, 0.2) is 51.8 Å². The molecule has 0 radical (unpaired) electrons. The summed E-state index contributed by atoms with van der Waals surface area (Å²) < 4.78 is 26.0. The summed E-state index contributed by atoms with van der Waals surface area (Å²) in [5.74, 6) is -1.36. The van der Waals surface area contributed by atoms with Crippen LogP contribution < -0.4 is 0 Å². The Bertz CT molecular complexity index is 668. The van der Waals surface area contributed by atoms with Gasteiger partial charge in [0.15, 0.2) is 0 Å². The summed E-state index contributed by atoms with van der Waals surface area (Å²) in [7, 11) is -1.43. The molecule has 0 amide bonds. The molecule has 0 saturated carbocycles. The zero-order chi connectivity index (χ0) is 14.7. The van der Waals surface area contributed by atoms with Crippen LogP contribution in [-0.2, 0) is 16.6 Å². The molecule has 6 heteroatoms. The van der Waals surface area contributed by atoms with Crippen LogP contribution in [0.3, 0.4) is 0 Å². The first-order valence-electron chi connectivity index (χ1n) is 5.62. The van der Waals surface area contributed by atoms with Gasteiger partial charge in [-0.2, -0.15) is 0 Å². The standard InChI is InChI=1S/C14H10BrFO3S/c15-11-4-9(5-12(16)7-11)8-20(19)13-3-1-2-10(6-13)14(17)18/h1-7H,8H2,(H,17,18). The maximum absolute atomic E-state index is 13.2. The van der Waals surface area contributed by atoms with Crippen molar-refractivity contribution in [1.29, 1.82) is 0 Å². The number of hydrogen-bond donors (Lipinski definition) is 1. The first-order chi connectivity index (χ1) is 9.45. The fourth-order valence-electron chi connectivity index (χ4n) is 1.70. The minimum Gasteiger partial charge on any atom is -0.478 e. The molecule has 0 aliphatic rings. The first-order valence-corrected chi connectivity index (χ1v) is 7.73. The van der Waals surface area contributed by atoms with Crippen LogP contribution in [0, 0.1) is 5.82 Å². The second-order valence-corrected chi connectivity index (χ2v) is 6.47. The van der Waals surface area contributed by atoms with E-state index in [1.807, 2.05) is 0 Å². The van der Waals surface area contributed by atoms with Crippen LogP contribution in [-0.4, -0.2) is 15.3 Å². The maximum Gasteiger partial charge on any atom is 0.335 e. The minimum atomic E-state index is -1.43. The molecule has 1 N–H and O–H groups in total. The Hall–Kier alpha value is -1.53. The number of rotatable bonds is 4. The summed E-state index contributed by atoms with van der Waals surface area (Å²) in [6.45, 7) is 0. The van der Waals surface area contributed by atoms with Crippen LogP contribution >= 0.6 is 15.9 Å². The number of hydrogen-bond acceptors (Lipinski definition) is 2. The molecule has 104 valence electrons. The summed E-state index contributed by atoms with van der Waals surface area (Å²) in [4.78, 5) is 11.3. The number of benzene rings is 2. The van der Waals surface area contributed by atoms with Gasteiger partial charge in [-0.15, -0.1) is 0 Å². The van der Waals surface area contributed by atoms with E-state index in [9.17, 15) is 13.4 Å². The van der Waals surface area contributed by atoms with Crippen molar-refractivity contribution in [2.24, 2.45) is 0 Å². The summed E-state index contributed by atoms with van der Waals surface area (Å²) in [6.07, 6.45) is 0. The van der Waals surface area contributed by atoms with Gasteiger partial charge in [0.2, 0.25) is 0 Å². The summed E-state index contributed by atoms with van der Waals surface area (Å²) in [5, 5.41) is 8.90. The molecule has 1 atom stereocenters. The molecule has 0 aliphatic heterocycles. The lowest BCUT2D eigenvalue weighted by molar-refractivity contribution is 0.0696. The van der Waals surface area contributed by atoms with Crippen molar-refractivity contribution in [2.45, 2.75) is 10.6 Å². The summed E-state index contributed by atoms with van der Waals surface area (Å²) >= 11 is 3.17. The van der Waals surface area contributed by atoms with E-state index in [1.54, 1.807) is 12.1 Å². The van der Waals surface area contributed by atoms with Crippen LogP contribution in [0.4, 0.5) is 4.39 Å². The van der Waals surface area contributed by atoms with Gasteiger partial charge in [-0.05, 0) is 42.0 Å². The van der Waals surface area contributed by atoms with Crippen molar-refractivity contribution in [1.82, 2.24) is 0 Å². The van der Waals surface area contributed by atoms with Crippen LogP contribution in [0.5, 0.6) is 0 Å². The molecule has 2 aromatic rings.